The van der Waals surface area contributed by atoms with Gasteiger partial charge in [0.15, 0.2) is 0 Å². The molecule has 0 aliphatic rings. The third kappa shape index (κ3) is 4.74. The number of hydrogen-bond donors (Lipinski definition) is 1. The molecule has 0 saturated carbocycles. The van der Waals surface area contributed by atoms with E-state index in [0.717, 1.165) is 35.9 Å². The van der Waals surface area contributed by atoms with Gasteiger partial charge in [-0.25, -0.2) is 4.79 Å². The second kappa shape index (κ2) is 9.55. The molecule has 4 aromatic rings. The highest BCUT2D eigenvalue weighted by atomic mass is 35.5. The van der Waals surface area contributed by atoms with Crippen LogP contribution in [-0.4, -0.2) is 15.6 Å². The first-order chi connectivity index (χ1) is 15.5. The van der Waals surface area contributed by atoms with Gasteiger partial charge in [-0.05, 0) is 54.3 Å². The Kier molecular flexibility index (Phi) is 6.39. The van der Waals surface area contributed by atoms with Gasteiger partial charge in [0.05, 0.1) is 22.7 Å². The maximum absolute atomic E-state index is 11.1. The van der Waals surface area contributed by atoms with Crippen molar-refractivity contribution in [1.82, 2.24) is 4.57 Å². The zero-order chi connectivity index (χ0) is 22.5. The largest absolute Gasteiger partial charge is 0.478 e. The molecule has 158 valence electrons. The molecular weight excluding hydrogens is 420 g/mol. The van der Waals surface area contributed by atoms with Crippen LogP contribution in [0.2, 0.25) is 5.02 Å². The second-order valence-corrected chi connectivity index (χ2v) is 8.02. The number of nitriles is 1. The van der Waals surface area contributed by atoms with Crippen molar-refractivity contribution in [3.8, 4) is 6.07 Å². The van der Waals surface area contributed by atoms with Gasteiger partial charge in [-0.2, -0.15) is 5.26 Å². The van der Waals surface area contributed by atoms with Gasteiger partial charge in [-0.3, -0.25) is 0 Å². The first kappa shape index (κ1) is 21.4. The molecule has 5 heteroatoms. The summed E-state index contributed by atoms with van der Waals surface area (Å²) in [6.45, 7) is 0.828. The van der Waals surface area contributed by atoms with Crippen LogP contribution in [0.15, 0.2) is 79.0 Å². The van der Waals surface area contributed by atoms with Gasteiger partial charge in [0, 0.05) is 28.7 Å². The van der Waals surface area contributed by atoms with Crippen molar-refractivity contribution in [2.75, 3.05) is 0 Å². The normalized spacial score (nSPS) is 11.4. The summed E-state index contributed by atoms with van der Waals surface area (Å²) in [4.78, 5) is 11.1. The Balaban J connectivity index is 1.65. The van der Waals surface area contributed by atoms with Crippen molar-refractivity contribution in [2.24, 2.45) is 0 Å². The Morgan fingerprint density at radius 1 is 1.03 bits per heavy atom. The molecule has 0 aliphatic carbocycles. The highest BCUT2D eigenvalue weighted by molar-refractivity contribution is 6.31. The predicted octanol–water partition coefficient (Wildman–Crippen LogP) is 6.69. The van der Waals surface area contributed by atoms with Crippen LogP contribution in [0.5, 0.6) is 0 Å². The SMILES string of the molecule is N#CC(=Cc1cn(CCCc2ccccc2)c2cc(Cl)ccc12)c1ccc(C(=O)O)cc1. The van der Waals surface area contributed by atoms with Gasteiger partial charge < -0.3 is 9.67 Å². The average molecular weight is 441 g/mol. The number of aromatic nitrogens is 1. The molecule has 0 fully saturated rings. The molecule has 0 amide bonds. The van der Waals surface area contributed by atoms with Crippen LogP contribution in [0, 0.1) is 11.3 Å². The summed E-state index contributed by atoms with van der Waals surface area (Å²) >= 11 is 6.27. The van der Waals surface area contributed by atoms with Crippen LogP contribution in [0.25, 0.3) is 22.6 Å². The maximum Gasteiger partial charge on any atom is 0.335 e. The summed E-state index contributed by atoms with van der Waals surface area (Å²) in [5.74, 6) is -0.991. The van der Waals surface area contributed by atoms with Gasteiger partial charge in [0.1, 0.15) is 0 Å². The van der Waals surface area contributed by atoms with E-state index in [2.05, 4.69) is 41.1 Å². The van der Waals surface area contributed by atoms with E-state index in [4.69, 9.17) is 16.7 Å². The number of carboxylic acids is 1. The molecule has 4 nitrogen and oxygen atoms in total. The Labute approximate surface area is 191 Å². The fourth-order valence-corrected chi connectivity index (χ4v) is 3.99. The molecule has 0 spiro atoms. The van der Waals surface area contributed by atoms with Gasteiger partial charge in [0.2, 0.25) is 0 Å². The third-order valence-electron chi connectivity index (χ3n) is 5.45. The van der Waals surface area contributed by atoms with E-state index in [9.17, 15) is 10.1 Å². The first-order valence-corrected chi connectivity index (χ1v) is 10.7. The van der Waals surface area contributed by atoms with Crippen LogP contribution >= 0.6 is 11.6 Å². The van der Waals surface area contributed by atoms with E-state index in [1.165, 1.54) is 17.7 Å². The van der Waals surface area contributed by atoms with Crippen LogP contribution < -0.4 is 0 Å². The summed E-state index contributed by atoms with van der Waals surface area (Å²) in [7, 11) is 0. The summed E-state index contributed by atoms with van der Waals surface area (Å²) < 4.78 is 2.18. The number of rotatable bonds is 7. The number of aromatic carboxylic acids is 1. The van der Waals surface area contributed by atoms with Gasteiger partial charge in [0.25, 0.3) is 0 Å². The van der Waals surface area contributed by atoms with Crippen LogP contribution in [0.3, 0.4) is 0 Å². The molecule has 32 heavy (non-hydrogen) atoms. The molecule has 0 unspecified atom stereocenters. The lowest BCUT2D eigenvalue weighted by molar-refractivity contribution is 0.0697. The van der Waals surface area contributed by atoms with Crippen molar-refractivity contribution in [2.45, 2.75) is 19.4 Å². The van der Waals surface area contributed by atoms with Crippen LogP contribution in [-0.2, 0) is 13.0 Å². The monoisotopic (exact) mass is 440 g/mol. The summed E-state index contributed by atoms with van der Waals surface area (Å²) in [5, 5.41) is 20.5. The molecule has 4 rings (SSSR count). The fourth-order valence-electron chi connectivity index (χ4n) is 3.82. The highest BCUT2D eigenvalue weighted by Crippen LogP contribution is 2.29. The minimum absolute atomic E-state index is 0.190. The van der Waals surface area contributed by atoms with Crippen molar-refractivity contribution in [1.29, 1.82) is 5.26 Å². The standard InChI is InChI=1S/C27H21ClN2O2/c28-24-12-13-25-23(15-22(17-29)20-8-10-21(11-9-20)27(31)32)18-30(26(25)16-24)14-4-7-19-5-2-1-3-6-19/h1-3,5-6,8-13,15-16,18H,4,7,14H2,(H,31,32). The number of nitrogens with zero attached hydrogens (tertiary/aromatic N) is 2. The summed E-state index contributed by atoms with van der Waals surface area (Å²) in [5.41, 5.74) is 4.59. The number of allylic oxidation sites excluding steroid dienone is 1. The van der Waals surface area contributed by atoms with Gasteiger partial charge >= 0.3 is 5.97 Å². The van der Waals surface area contributed by atoms with Crippen molar-refractivity contribution in [3.63, 3.8) is 0 Å². The number of benzene rings is 3. The quantitative estimate of drug-likeness (QED) is 0.325. The molecule has 0 aliphatic heterocycles. The molecule has 1 aromatic heterocycles. The fraction of sp³-hybridized carbons (Fsp3) is 0.111. The lowest BCUT2D eigenvalue weighted by atomic mass is 10.0. The molecule has 0 atom stereocenters. The van der Waals surface area contributed by atoms with E-state index in [1.54, 1.807) is 12.1 Å². The zero-order valence-corrected chi connectivity index (χ0v) is 18.1. The Hall–Kier alpha value is -3.81. The van der Waals surface area contributed by atoms with Crippen LogP contribution in [0.1, 0.15) is 33.5 Å². The molecule has 0 saturated heterocycles. The molecule has 3 aromatic carbocycles. The van der Waals surface area contributed by atoms with Crippen molar-refractivity contribution < 1.29 is 9.90 Å². The van der Waals surface area contributed by atoms with E-state index in [0.29, 0.717) is 16.2 Å². The van der Waals surface area contributed by atoms with Crippen molar-refractivity contribution >= 4 is 40.1 Å². The highest BCUT2D eigenvalue weighted by Gasteiger charge is 2.11. The molecule has 0 bridgehead atoms. The van der Waals surface area contributed by atoms with E-state index in [1.807, 2.05) is 30.3 Å². The molecule has 0 radical (unpaired) electrons. The number of aryl methyl sites for hydroxylation is 2. The Morgan fingerprint density at radius 3 is 2.44 bits per heavy atom. The van der Waals surface area contributed by atoms with E-state index in [-0.39, 0.29) is 5.56 Å². The summed E-state index contributed by atoms with van der Waals surface area (Å²) in [6, 6.07) is 24.7. The zero-order valence-electron chi connectivity index (χ0n) is 17.3. The van der Waals surface area contributed by atoms with E-state index < -0.39 is 5.97 Å². The first-order valence-electron chi connectivity index (χ1n) is 10.3. The number of carbonyl (C=O) groups is 1. The van der Waals surface area contributed by atoms with Gasteiger partial charge in [-0.15, -0.1) is 0 Å². The second-order valence-electron chi connectivity index (χ2n) is 7.58. The lowest BCUT2D eigenvalue weighted by Crippen LogP contribution is -1.98. The van der Waals surface area contributed by atoms with Crippen LogP contribution in [0.4, 0.5) is 0 Å². The number of hydrogen-bond acceptors (Lipinski definition) is 2. The minimum atomic E-state index is -0.991. The number of fused-ring (bicyclic) bond motifs is 1. The third-order valence-corrected chi connectivity index (χ3v) is 5.68. The van der Waals surface area contributed by atoms with Gasteiger partial charge in [-0.1, -0.05) is 60.1 Å². The molecule has 1 N–H and O–H groups in total. The molecular formula is C27H21ClN2O2. The predicted molar refractivity (Wildman–Crippen MR) is 129 cm³/mol. The average Bonchev–Trinajstić information content (AvgIpc) is 3.14. The Bertz CT molecular complexity index is 1330. The lowest BCUT2D eigenvalue weighted by Gasteiger charge is -2.06. The number of carboxylic acid groups (broad SMARTS) is 1. The molecule has 1 heterocycles. The maximum atomic E-state index is 11.1. The Morgan fingerprint density at radius 2 is 1.75 bits per heavy atom. The van der Waals surface area contributed by atoms with Crippen molar-refractivity contribution in [3.05, 3.63) is 106 Å². The number of halogens is 1. The topological polar surface area (TPSA) is 66.0 Å². The summed E-state index contributed by atoms with van der Waals surface area (Å²) in [6.07, 6.45) is 5.85. The minimum Gasteiger partial charge on any atom is -0.478 e. The van der Waals surface area contributed by atoms with E-state index >= 15 is 0 Å². The smallest absolute Gasteiger partial charge is 0.335 e.